The zero-order valence-corrected chi connectivity index (χ0v) is 11.4. The van der Waals surface area contributed by atoms with Crippen LogP contribution >= 0.6 is 0 Å². The van der Waals surface area contributed by atoms with E-state index in [-0.39, 0.29) is 24.1 Å². The largest absolute Gasteiger partial charge is 0.481 e. The molecule has 3 unspecified atom stereocenters. The second-order valence-electron chi connectivity index (χ2n) is 4.07. The van der Waals surface area contributed by atoms with Crippen molar-refractivity contribution in [2.75, 3.05) is 5.75 Å². The highest BCUT2D eigenvalue weighted by atomic mass is 32.2. The molecule has 6 heteroatoms. The molecule has 1 amide bonds. The molecule has 0 aromatic carbocycles. The number of amides is 1. The highest BCUT2D eigenvalue weighted by Gasteiger charge is 2.21. The smallest absolute Gasteiger partial charge is 0.304 e. The predicted molar refractivity (Wildman–Crippen MR) is 67.2 cm³/mol. The van der Waals surface area contributed by atoms with Gasteiger partial charge in [0.25, 0.3) is 0 Å². The molecule has 100 valence electrons. The number of hydrogen-bond acceptors (Lipinski definition) is 3. The zero-order valence-electron chi connectivity index (χ0n) is 10.6. The van der Waals surface area contributed by atoms with Gasteiger partial charge < -0.3 is 10.4 Å². The molecule has 5 nitrogen and oxygen atoms in total. The number of carbonyl (C=O) groups excluding carboxylic acids is 1. The van der Waals surface area contributed by atoms with Crippen molar-refractivity contribution >= 4 is 22.7 Å². The summed E-state index contributed by atoms with van der Waals surface area (Å²) in [4.78, 5) is 22.0. The Bertz CT molecular complexity index is 293. The van der Waals surface area contributed by atoms with E-state index in [1.54, 1.807) is 6.92 Å². The van der Waals surface area contributed by atoms with Crippen LogP contribution in [0, 0.1) is 0 Å². The van der Waals surface area contributed by atoms with E-state index >= 15 is 0 Å². The first-order valence-corrected chi connectivity index (χ1v) is 7.16. The summed E-state index contributed by atoms with van der Waals surface area (Å²) < 4.78 is 11.6. The van der Waals surface area contributed by atoms with Crippen LogP contribution < -0.4 is 5.32 Å². The van der Waals surface area contributed by atoms with Gasteiger partial charge >= 0.3 is 5.97 Å². The van der Waals surface area contributed by atoms with Gasteiger partial charge in [-0.1, -0.05) is 13.3 Å². The van der Waals surface area contributed by atoms with Crippen LogP contribution in [0.3, 0.4) is 0 Å². The number of carbonyl (C=O) groups is 2. The third-order valence-electron chi connectivity index (χ3n) is 2.39. The first-order chi connectivity index (χ1) is 7.88. The van der Waals surface area contributed by atoms with Gasteiger partial charge in [-0.15, -0.1) is 0 Å². The Hall–Kier alpha value is -0.910. The number of carboxylic acids is 1. The third kappa shape index (κ3) is 7.10. The van der Waals surface area contributed by atoms with Crippen molar-refractivity contribution < 1.29 is 18.9 Å². The van der Waals surface area contributed by atoms with Crippen LogP contribution in [0.15, 0.2) is 0 Å². The van der Waals surface area contributed by atoms with E-state index in [1.807, 2.05) is 13.8 Å². The third-order valence-corrected chi connectivity index (χ3v) is 4.00. The molecule has 0 saturated heterocycles. The molecule has 0 fully saturated rings. The topological polar surface area (TPSA) is 83.5 Å². The average molecular weight is 263 g/mol. The molecule has 0 saturated carbocycles. The van der Waals surface area contributed by atoms with Crippen LogP contribution in [-0.2, 0) is 20.4 Å². The molecule has 17 heavy (non-hydrogen) atoms. The van der Waals surface area contributed by atoms with Gasteiger partial charge in [0.05, 0.1) is 6.42 Å². The average Bonchev–Trinajstić information content (AvgIpc) is 2.24. The van der Waals surface area contributed by atoms with E-state index in [0.29, 0.717) is 0 Å². The fourth-order valence-electron chi connectivity index (χ4n) is 1.35. The van der Waals surface area contributed by atoms with Crippen molar-refractivity contribution in [3.8, 4) is 0 Å². The van der Waals surface area contributed by atoms with Crippen LogP contribution in [0.5, 0.6) is 0 Å². The van der Waals surface area contributed by atoms with Gasteiger partial charge in [0.15, 0.2) is 0 Å². The molecule has 0 aliphatic rings. The summed E-state index contributed by atoms with van der Waals surface area (Å²) in [5.74, 6) is -1.24. The quantitative estimate of drug-likeness (QED) is 0.681. The van der Waals surface area contributed by atoms with Gasteiger partial charge in [0.2, 0.25) is 5.91 Å². The number of rotatable bonds is 8. The van der Waals surface area contributed by atoms with Gasteiger partial charge in [-0.05, 0) is 20.3 Å². The lowest BCUT2D eigenvalue weighted by Crippen LogP contribution is -2.41. The Morgan fingerprint density at radius 1 is 1.35 bits per heavy atom. The molecule has 0 bridgehead atoms. The molecule has 0 aromatic heterocycles. The zero-order chi connectivity index (χ0) is 13.4. The van der Waals surface area contributed by atoms with Crippen LogP contribution in [0.25, 0.3) is 0 Å². The van der Waals surface area contributed by atoms with Crippen molar-refractivity contribution in [1.82, 2.24) is 5.32 Å². The molecule has 0 aliphatic heterocycles. The fourth-order valence-corrected chi connectivity index (χ4v) is 2.39. The summed E-state index contributed by atoms with van der Waals surface area (Å²) in [6.45, 7) is 5.48. The minimum Gasteiger partial charge on any atom is -0.481 e. The maximum atomic E-state index is 11.7. The Labute approximate surface area is 104 Å². The molecule has 0 spiro atoms. The monoisotopic (exact) mass is 263 g/mol. The van der Waals surface area contributed by atoms with E-state index in [4.69, 9.17) is 5.11 Å². The summed E-state index contributed by atoms with van der Waals surface area (Å²) in [5, 5.41) is 10.6. The lowest BCUT2D eigenvalue weighted by molar-refractivity contribution is -0.136. The van der Waals surface area contributed by atoms with Gasteiger partial charge in [0, 0.05) is 22.6 Å². The second-order valence-corrected chi connectivity index (χ2v) is 5.95. The first-order valence-electron chi connectivity index (χ1n) is 5.77. The Morgan fingerprint density at radius 3 is 2.41 bits per heavy atom. The Morgan fingerprint density at radius 2 is 1.94 bits per heavy atom. The van der Waals surface area contributed by atoms with Crippen molar-refractivity contribution in [1.29, 1.82) is 0 Å². The minimum atomic E-state index is -1.43. The standard InChI is InChI=1S/C11H21NO4S/c1-4-5-8(2)12-11(15)9(3)17(16)7-6-10(13)14/h8-9H,4-7H2,1-3H3,(H,12,15)(H,13,14). The predicted octanol–water partition coefficient (Wildman–Crippen LogP) is 0.903. The van der Waals surface area contributed by atoms with Gasteiger partial charge in [0.1, 0.15) is 5.25 Å². The molecule has 0 heterocycles. The molecule has 2 N–H and O–H groups in total. The highest BCUT2D eigenvalue weighted by molar-refractivity contribution is 7.86. The van der Waals surface area contributed by atoms with Crippen molar-refractivity contribution in [2.45, 2.75) is 51.3 Å². The molecule has 0 rings (SSSR count). The van der Waals surface area contributed by atoms with E-state index in [9.17, 15) is 13.8 Å². The maximum absolute atomic E-state index is 11.7. The van der Waals surface area contributed by atoms with E-state index < -0.39 is 22.0 Å². The molecule has 0 aromatic rings. The van der Waals surface area contributed by atoms with Crippen molar-refractivity contribution in [3.63, 3.8) is 0 Å². The van der Waals surface area contributed by atoms with Crippen LogP contribution in [0.2, 0.25) is 0 Å². The highest BCUT2D eigenvalue weighted by Crippen LogP contribution is 2.01. The molecule has 0 radical (unpaired) electrons. The lowest BCUT2D eigenvalue weighted by atomic mass is 10.2. The van der Waals surface area contributed by atoms with Crippen molar-refractivity contribution in [2.24, 2.45) is 0 Å². The van der Waals surface area contributed by atoms with E-state index in [0.717, 1.165) is 12.8 Å². The summed E-state index contributed by atoms with van der Waals surface area (Å²) in [6, 6.07) is 0.0615. The van der Waals surface area contributed by atoms with Crippen LogP contribution in [0.1, 0.15) is 40.0 Å². The van der Waals surface area contributed by atoms with E-state index in [2.05, 4.69) is 5.32 Å². The second kappa shape index (κ2) is 8.22. The van der Waals surface area contributed by atoms with Crippen LogP contribution in [-0.4, -0.2) is 38.2 Å². The molecule has 3 atom stereocenters. The normalized spacial score (nSPS) is 15.9. The number of aliphatic carboxylic acids is 1. The van der Waals surface area contributed by atoms with Crippen LogP contribution in [0.4, 0.5) is 0 Å². The molecule has 0 aliphatic carbocycles. The summed E-state index contributed by atoms with van der Waals surface area (Å²) in [6.07, 6.45) is 1.67. The maximum Gasteiger partial charge on any atom is 0.304 e. The summed E-state index contributed by atoms with van der Waals surface area (Å²) in [5.41, 5.74) is 0. The molecular weight excluding hydrogens is 242 g/mol. The lowest BCUT2D eigenvalue weighted by Gasteiger charge is -2.16. The van der Waals surface area contributed by atoms with Gasteiger partial charge in [-0.3, -0.25) is 13.8 Å². The fraction of sp³-hybridized carbons (Fsp3) is 0.818. The van der Waals surface area contributed by atoms with E-state index in [1.165, 1.54) is 0 Å². The van der Waals surface area contributed by atoms with Gasteiger partial charge in [-0.2, -0.15) is 0 Å². The number of hydrogen-bond donors (Lipinski definition) is 2. The minimum absolute atomic E-state index is 0.0199. The Kier molecular flexibility index (Phi) is 7.78. The van der Waals surface area contributed by atoms with Crippen molar-refractivity contribution in [3.05, 3.63) is 0 Å². The summed E-state index contributed by atoms with van der Waals surface area (Å²) in [7, 11) is -1.43. The number of carboxylic acid groups (broad SMARTS) is 1. The first kappa shape index (κ1) is 16.1. The Balaban J connectivity index is 4.11. The summed E-state index contributed by atoms with van der Waals surface area (Å²) >= 11 is 0. The SMILES string of the molecule is CCCC(C)NC(=O)C(C)S(=O)CCC(=O)O. The molecular formula is C11H21NO4S. The number of nitrogens with one attached hydrogen (secondary N) is 1. The van der Waals surface area contributed by atoms with Gasteiger partial charge in [-0.25, -0.2) is 0 Å².